The number of hydrogen-bond acceptors (Lipinski definition) is 3. The van der Waals surface area contributed by atoms with E-state index in [0.29, 0.717) is 6.42 Å². The molecule has 0 aliphatic heterocycles. The molecule has 112 valence electrons. The Morgan fingerprint density at radius 2 is 2.10 bits per heavy atom. The molecule has 1 aromatic heterocycles. The quantitative estimate of drug-likeness (QED) is 0.859. The van der Waals surface area contributed by atoms with Gasteiger partial charge in [0.1, 0.15) is 5.75 Å². The summed E-state index contributed by atoms with van der Waals surface area (Å²) in [6, 6.07) is 0. The summed E-state index contributed by atoms with van der Waals surface area (Å²) in [5.74, 6) is 1.63. The third-order valence-corrected chi connectivity index (χ3v) is 4.69. The number of rotatable bonds is 3. The van der Waals surface area contributed by atoms with Crippen molar-refractivity contribution < 1.29 is 9.84 Å². The zero-order valence-corrected chi connectivity index (χ0v) is 13.2. The number of nitrogens with zero attached hydrogens (tertiary/aromatic N) is 1. The summed E-state index contributed by atoms with van der Waals surface area (Å²) >= 11 is 0. The van der Waals surface area contributed by atoms with Gasteiger partial charge in [0.05, 0.1) is 12.7 Å². The third-order valence-electron chi connectivity index (χ3n) is 4.69. The Bertz CT molecular complexity index is 472. The molecule has 1 heterocycles. The Labute approximate surface area is 122 Å². The predicted molar refractivity (Wildman–Crippen MR) is 81.2 cm³/mol. The topological polar surface area (TPSA) is 42.4 Å². The van der Waals surface area contributed by atoms with Gasteiger partial charge in [-0.1, -0.05) is 19.8 Å². The molecule has 1 aliphatic carbocycles. The SMILES string of the molecule is COc1c(C)cnc(CC2(O)CCCC(C)CC2)c1C. The lowest BCUT2D eigenvalue weighted by molar-refractivity contribution is 0.0233. The number of ether oxygens (including phenoxy) is 1. The lowest BCUT2D eigenvalue weighted by atomic mass is 9.87. The number of aryl methyl sites for hydroxylation is 1. The second-order valence-electron chi connectivity index (χ2n) is 6.48. The van der Waals surface area contributed by atoms with Gasteiger partial charge < -0.3 is 9.84 Å². The zero-order valence-electron chi connectivity index (χ0n) is 13.2. The molecule has 3 nitrogen and oxygen atoms in total. The summed E-state index contributed by atoms with van der Waals surface area (Å²) in [6.07, 6.45) is 7.70. The van der Waals surface area contributed by atoms with Gasteiger partial charge in [0.25, 0.3) is 0 Å². The first-order chi connectivity index (χ1) is 9.45. The largest absolute Gasteiger partial charge is 0.496 e. The van der Waals surface area contributed by atoms with Crippen molar-refractivity contribution >= 4 is 0 Å². The lowest BCUT2D eigenvalue weighted by Gasteiger charge is -2.27. The lowest BCUT2D eigenvalue weighted by Crippen LogP contribution is -2.31. The molecule has 1 saturated carbocycles. The molecule has 0 bridgehead atoms. The van der Waals surface area contributed by atoms with Crippen molar-refractivity contribution in [1.29, 1.82) is 0 Å². The van der Waals surface area contributed by atoms with E-state index in [0.717, 1.165) is 54.2 Å². The van der Waals surface area contributed by atoms with E-state index >= 15 is 0 Å². The van der Waals surface area contributed by atoms with Gasteiger partial charge >= 0.3 is 0 Å². The maximum atomic E-state index is 10.9. The van der Waals surface area contributed by atoms with Crippen LogP contribution in [0.5, 0.6) is 5.75 Å². The van der Waals surface area contributed by atoms with E-state index in [2.05, 4.69) is 11.9 Å². The van der Waals surface area contributed by atoms with Crippen LogP contribution in [-0.4, -0.2) is 22.8 Å². The van der Waals surface area contributed by atoms with E-state index in [4.69, 9.17) is 4.74 Å². The van der Waals surface area contributed by atoms with Crippen LogP contribution in [0.4, 0.5) is 0 Å². The van der Waals surface area contributed by atoms with Crippen molar-refractivity contribution in [3.05, 3.63) is 23.0 Å². The zero-order chi connectivity index (χ0) is 14.8. The maximum Gasteiger partial charge on any atom is 0.128 e. The van der Waals surface area contributed by atoms with Gasteiger partial charge in [0.15, 0.2) is 0 Å². The van der Waals surface area contributed by atoms with Crippen LogP contribution in [0, 0.1) is 19.8 Å². The minimum absolute atomic E-state index is 0.594. The molecule has 20 heavy (non-hydrogen) atoms. The molecule has 0 radical (unpaired) electrons. The van der Waals surface area contributed by atoms with Gasteiger partial charge in [-0.15, -0.1) is 0 Å². The van der Waals surface area contributed by atoms with Crippen molar-refractivity contribution in [3.8, 4) is 5.75 Å². The molecule has 2 rings (SSSR count). The molecule has 0 amide bonds. The normalized spacial score (nSPS) is 27.1. The minimum atomic E-state index is -0.594. The Morgan fingerprint density at radius 3 is 2.80 bits per heavy atom. The molecule has 1 aliphatic rings. The molecule has 0 saturated heterocycles. The van der Waals surface area contributed by atoms with Crippen LogP contribution in [-0.2, 0) is 6.42 Å². The summed E-state index contributed by atoms with van der Waals surface area (Å²) in [5.41, 5.74) is 2.50. The Morgan fingerprint density at radius 1 is 1.35 bits per heavy atom. The van der Waals surface area contributed by atoms with Crippen LogP contribution >= 0.6 is 0 Å². The summed E-state index contributed by atoms with van der Waals surface area (Å²) in [4.78, 5) is 4.54. The number of methoxy groups -OCH3 is 1. The molecule has 2 atom stereocenters. The van der Waals surface area contributed by atoms with Gasteiger partial charge in [-0.3, -0.25) is 4.98 Å². The second kappa shape index (κ2) is 6.13. The van der Waals surface area contributed by atoms with Crippen LogP contribution in [0.15, 0.2) is 6.20 Å². The van der Waals surface area contributed by atoms with Crippen molar-refractivity contribution in [2.24, 2.45) is 5.92 Å². The molecule has 3 heteroatoms. The molecular weight excluding hydrogens is 250 g/mol. The van der Waals surface area contributed by atoms with Crippen LogP contribution in [0.1, 0.15) is 55.8 Å². The first kappa shape index (κ1) is 15.3. The monoisotopic (exact) mass is 277 g/mol. The van der Waals surface area contributed by atoms with Gasteiger partial charge in [0, 0.05) is 29.4 Å². The molecule has 1 aromatic rings. The fourth-order valence-electron chi connectivity index (χ4n) is 3.30. The number of aliphatic hydroxyl groups is 1. The standard InChI is InChI=1S/C17H27NO2/c1-12-6-5-8-17(19,9-7-12)10-15-14(3)16(20-4)13(2)11-18-15/h11-12,19H,5-10H2,1-4H3. The summed E-state index contributed by atoms with van der Waals surface area (Å²) in [7, 11) is 1.70. The van der Waals surface area contributed by atoms with E-state index < -0.39 is 5.60 Å². The van der Waals surface area contributed by atoms with Crippen molar-refractivity contribution in [2.45, 2.75) is 64.9 Å². The molecule has 2 unspecified atom stereocenters. The highest BCUT2D eigenvalue weighted by atomic mass is 16.5. The van der Waals surface area contributed by atoms with Gasteiger partial charge in [0.2, 0.25) is 0 Å². The first-order valence-corrected chi connectivity index (χ1v) is 7.66. The Kier molecular flexibility index (Phi) is 4.69. The van der Waals surface area contributed by atoms with Crippen molar-refractivity contribution in [3.63, 3.8) is 0 Å². The highest BCUT2D eigenvalue weighted by Crippen LogP contribution is 2.34. The highest BCUT2D eigenvalue weighted by molar-refractivity contribution is 5.41. The van der Waals surface area contributed by atoms with E-state index in [1.54, 1.807) is 7.11 Å². The Hall–Kier alpha value is -1.09. The van der Waals surface area contributed by atoms with Gasteiger partial charge in [-0.25, -0.2) is 0 Å². The first-order valence-electron chi connectivity index (χ1n) is 7.66. The fourth-order valence-corrected chi connectivity index (χ4v) is 3.30. The minimum Gasteiger partial charge on any atom is -0.496 e. The van der Waals surface area contributed by atoms with Crippen LogP contribution in [0.2, 0.25) is 0 Å². The van der Waals surface area contributed by atoms with Crippen LogP contribution in [0.25, 0.3) is 0 Å². The van der Waals surface area contributed by atoms with E-state index in [-0.39, 0.29) is 0 Å². The molecular formula is C17H27NO2. The third kappa shape index (κ3) is 3.32. The average Bonchev–Trinajstić information content (AvgIpc) is 2.56. The van der Waals surface area contributed by atoms with Crippen LogP contribution in [0.3, 0.4) is 0 Å². The van der Waals surface area contributed by atoms with Gasteiger partial charge in [-0.05, 0) is 39.0 Å². The van der Waals surface area contributed by atoms with Crippen molar-refractivity contribution in [2.75, 3.05) is 7.11 Å². The Balaban J connectivity index is 2.20. The molecule has 1 N–H and O–H groups in total. The van der Waals surface area contributed by atoms with Gasteiger partial charge in [-0.2, -0.15) is 0 Å². The second-order valence-corrected chi connectivity index (χ2v) is 6.48. The summed E-state index contributed by atoms with van der Waals surface area (Å²) < 4.78 is 5.46. The summed E-state index contributed by atoms with van der Waals surface area (Å²) in [5, 5.41) is 10.9. The highest BCUT2D eigenvalue weighted by Gasteiger charge is 2.31. The average molecular weight is 277 g/mol. The predicted octanol–water partition coefficient (Wildman–Crippen LogP) is 3.58. The smallest absolute Gasteiger partial charge is 0.128 e. The molecule has 0 aromatic carbocycles. The summed E-state index contributed by atoms with van der Waals surface area (Å²) in [6.45, 7) is 6.33. The molecule has 1 fully saturated rings. The maximum absolute atomic E-state index is 10.9. The van der Waals surface area contributed by atoms with E-state index in [9.17, 15) is 5.11 Å². The van der Waals surface area contributed by atoms with E-state index in [1.165, 1.54) is 6.42 Å². The van der Waals surface area contributed by atoms with Crippen LogP contribution < -0.4 is 4.74 Å². The number of aromatic nitrogens is 1. The number of pyridine rings is 1. The van der Waals surface area contributed by atoms with E-state index in [1.807, 2.05) is 20.0 Å². The molecule has 0 spiro atoms. The van der Waals surface area contributed by atoms with Crippen molar-refractivity contribution in [1.82, 2.24) is 4.98 Å². The number of hydrogen-bond donors (Lipinski definition) is 1. The fraction of sp³-hybridized carbons (Fsp3) is 0.706.